The number of rotatable bonds is 3. The van der Waals surface area contributed by atoms with Crippen LogP contribution in [-0.4, -0.2) is 51.8 Å². The highest BCUT2D eigenvalue weighted by molar-refractivity contribution is 5.75. The summed E-state index contributed by atoms with van der Waals surface area (Å²) in [6, 6.07) is 0.277. The van der Waals surface area contributed by atoms with E-state index in [0.717, 1.165) is 25.9 Å². The van der Waals surface area contributed by atoms with Crippen LogP contribution in [-0.2, 0) is 11.3 Å². The molecule has 0 radical (unpaired) electrons. The molecule has 1 fully saturated rings. The van der Waals surface area contributed by atoms with E-state index in [1.54, 1.807) is 0 Å². The molecule has 94 valence electrons. The Labute approximate surface area is 100.0 Å². The predicted octanol–water partition coefficient (Wildman–Crippen LogP) is -0.929. The molecule has 0 spiro atoms. The fourth-order valence-electron chi connectivity index (χ4n) is 1.96. The maximum Gasteiger partial charge on any atom is 0.242 e. The number of hydrogen-bond acceptors (Lipinski definition) is 5. The third kappa shape index (κ3) is 3.42. The second-order valence-electron chi connectivity index (χ2n) is 4.45. The molecular formula is C10H18N6O. The van der Waals surface area contributed by atoms with Gasteiger partial charge in [0.25, 0.3) is 0 Å². The lowest BCUT2D eigenvalue weighted by molar-refractivity contribution is -0.122. The molecule has 2 heterocycles. The number of carbonyl (C=O) groups is 1. The standard InChI is InChI=1S/C10H18N6O/c1-15-4-2-8(3-5-15)13-9(17)6-16-7-12-10(11)14-16/h7-8H,2-6H2,1H3,(H2,11,14)(H,13,17). The van der Waals surface area contributed by atoms with Gasteiger partial charge < -0.3 is 16.0 Å². The van der Waals surface area contributed by atoms with Crippen molar-refractivity contribution in [2.24, 2.45) is 0 Å². The van der Waals surface area contributed by atoms with Crippen molar-refractivity contribution in [1.82, 2.24) is 25.0 Å². The first-order valence-corrected chi connectivity index (χ1v) is 5.76. The van der Waals surface area contributed by atoms with E-state index in [2.05, 4.69) is 27.3 Å². The van der Waals surface area contributed by atoms with E-state index in [4.69, 9.17) is 5.73 Å². The minimum atomic E-state index is -0.0375. The van der Waals surface area contributed by atoms with Gasteiger partial charge >= 0.3 is 0 Å². The topological polar surface area (TPSA) is 89.1 Å². The van der Waals surface area contributed by atoms with E-state index >= 15 is 0 Å². The Hall–Kier alpha value is -1.63. The Morgan fingerprint density at radius 2 is 2.29 bits per heavy atom. The number of nitrogens with two attached hydrogens (primary N) is 1. The molecule has 1 saturated heterocycles. The van der Waals surface area contributed by atoms with Crippen molar-refractivity contribution in [1.29, 1.82) is 0 Å². The molecule has 7 nitrogen and oxygen atoms in total. The lowest BCUT2D eigenvalue weighted by Crippen LogP contribution is -2.44. The summed E-state index contributed by atoms with van der Waals surface area (Å²) in [6.07, 6.45) is 3.47. The average Bonchev–Trinajstić information content (AvgIpc) is 2.67. The molecule has 0 aliphatic carbocycles. The number of hydrogen-bond donors (Lipinski definition) is 2. The first kappa shape index (κ1) is 11.8. The van der Waals surface area contributed by atoms with E-state index in [0.29, 0.717) is 0 Å². The minimum absolute atomic E-state index is 0.0375. The van der Waals surface area contributed by atoms with Gasteiger partial charge in [-0.1, -0.05) is 0 Å². The van der Waals surface area contributed by atoms with Crippen LogP contribution in [0, 0.1) is 0 Å². The summed E-state index contributed by atoms with van der Waals surface area (Å²) in [6.45, 7) is 2.24. The molecule has 7 heteroatoms. The Morgan fingerprint density at radius 3 is 2.88 bits per heavy atom. The van der Waals surface area contributed by atoms with Crippen molar-refractivity contribution in [3.8, 4) is 0 Å². The van der Waals surface area contributed by atoms with Gasteiger partial charge in [-0.3, -0.25) is 4.79 Å². The molecule has 0 unspecified atom stereocenters. The fourth-order valence-corrected chi connectivity index (χ4v) is 1.96. The van der Waals surface area contributed by atoms with Crippen molar-refractivity contribution in [2.75, 3.05) is 25.9 Å². The van der Waals surface area contributed by atoms with Crippen LogP contribution in [0.4, 0.5) is 5.95 Å². The van der Waals surface area contributed by atoms with Gasteiger partial charge in [-0.05, 0) is 33.0 Å². The molecule has 0 atom stereocenters. The summed E-state index contributed by atoms with van der Waals surface area (Å²) >= 11 is 0. The summed E-state index contributed by atoms with van der Waals surface area (Å²) in [4.78, 5) is 17.8. The minimum Gasteiger partial charge on any atom is -0.367 e. The van der Waals surface area contributed by atoms with Crippen LogP contribution in [0.2, 0.25) is 0 Å². The zero-order valence-electron chi connectivity index (χ0n) is 9.96. The molecule has 1 aliphatic rings. The number of amides is 1. The molecule has 1 amide bonds. The van der Waals surface area contributed by atoms with Crippen LogP contribution in [0.15, 0.2) is 6.33 Å². The van der Waals surface area contributed by atoms with Gasteiger partial charge in [-0.15, -0.1) is 5.10 Å². The number of nitrogens with one attached hydrogen (secondary N) is 1. The Balaban J connectivity index is 1.77. The van der Waals surface area contributed by atoms with Crippen LogP contribution in [0.1, 0.15) is 12.8 Å². The van der Waals surface area contributed by atoms with Crippen LogP contribution in [0.25, 0.3) is 0 Å². The van der Waals surface area contributed by atoms with E-state index < -0.39 is 0 Å². The maximum atomic E-state index is 11.7. The molecule has 0 aromatic carbocycles. The van der Waals surface area contributed by atoms with Crippen molar-refractivity contribution in [3.63, 3.8) is 0 Å². The van der Waals surface area contributed by atoms with Gasteiger partial charge in [0.1, 0.15) is 12.9 Å². The molecule has 17 heavy (non-hydrogen) atoms. The maximum absolute atomic E-state index is 11.7. The van der Waals surface area contributed by atoms with Gasteiger partial charge in [-0.2, -0.15) is 0 Å². The van der Waals surface area contributed by atoms with E-state index in [9.17, 15) is 4.79 Å². The van der Waals surface area contributed by atoms with Crippen LogP contribution >= 0.6 is 0 Å². The van der Waals surface area contributed by atoms with Crippen molar-refractivity contribution in [2.45, 2.75) is 25.4 Å². The van der Waals surface area contributed by atoms with E-state index in [1.807, 2.05) is 0 Å². The SMILES string of the molecule is CN1CCC(NC(=O)Cn2cnc(N)n2)CC1. The molecule has 2 rings (SSSR count). The first-order chi connectivity index (χ1) is 8.13. The largest absolute Gasteiger partial charge is 0.367 e. The summed E-state index contributed by atoms with van der Waals surface area (Å²) in [5.41, 5.74) is 5.37. The Kier molecular flexibility index (Phi) is 3.58. The first-order valence-electron chi connectivity index (χ1n) is 5.76. The smallest absolute Gasteiger partial charge is 0.242 e. The second kappa shape index (κ2) is 5.13. The molecule has 1 aromatic rings. The summed E-state index contributed by atoms with van der Waals surface area (Å²) in [5.74, 6) is 0.154. The molecule has 0 bridgehead atoms. The van der Waals surface area contributed by atoms with E-state index in [1.165, 1.54) is 11.0 Å². The average molecular weight is 238 g/mol. The van der Waals surface area contributed by atoms with Crippen molar-refractivity contribution in [3.05, 3.63) is 6.33 Å². The predicted molar refractivity (Wildman–Crippen MR) is 63.1 cm³/mol. The second-order valence-corrected chi connectivity index (χ2v) is 4.45. The quantitative estimate of drug-likeness (QED) is 0.710. The van der Waals surface area contributed by atoms with Crippen LogP contribution < -0.4 is 11.1 Å². The lowest BCUT2D eigenvalue weighted by atomic mass is 10.1. The molecule has 1 aliphatic heterocycles. The van der Waals surface area contributed by atoms with Gasteiger partial charge in [0.15, 0.2) is 0 Å². The van der Waals surface area contributed by atoms with Gasteiger partial charge in [-0.25, -0.2) is 9.67 Å². The van der Waals surface area contributed by atoms with Gasteiger partial charge in [0.05, 0.1) is 0 Å². The number of nitrogens with zero attached hydrogens (tertiary/aromatic N) is 4. The molecular weight excluding hydrogens is 220 g/mol. The van der Waals surface area contributed by atoms with Crippen LogP contribution in [0.3, 0.4) is 0 Å². The number of likely N-dealkylation sites (tertiary alicyclic amines) is 1. The summed E-state index contributed by atoms with van der Waals surface area (Å²) in [7, 11) is 2.09. The highest BCUT2D eigenvalue weighted by Gasteiger charge is 2.18. The Morgan fingerprint density at radius 1 is 1.59 bits per heavy atom. The molecule has 0 saturated carbocycles. The fraction of sp³-hybridized carbons (Fsp3) is 0.700. The van der Waals surface area contributed by atoms with Gasteiger partial charge in [0, 0.05) is 6.04 Å². The number of aromatic nitrogens is 3. The summed E-state index contributed by atoms with van der Waals surface area (Å²) < 4.78 is 1.44. The monoisotopic (exact) mass is 238 g/mol. The number of piperidine rings is 1. The Bertz CT molecular complexity index is 382. The molecule has 1 aromatic heterocycles. The third-order valence-corrected chi connectivity index (χ3v) is 2.94. The van der Waals surface area contributed by atoms with Crippen molar-refractivity contribution < 1.29 is 4.79 Å². The zero-order valence-corrected chi connectivity index (χ0v) is 9.96. The van der Waals surface area contributed by atoms with E-state index in [-0.39, 0.29) is 24.4 Å². The lowest BCUT2D eigenvalue weighted by Gasteiger charge is -2.29. The summed E-state index contributed by atoms with van der Waals surface area (Å²) in [5, 5.41) is 6.87. The number of nitrogen functional groups attached to an aromatic ring is 1. The highest BCUT2D eigenvalue weighted by Crippen LogP contribution is 2.07. The van der Waals surface area contributed by atoms with Crippen molar-refractivity contribution >= 4 is 11.9 Å². The molecule has 3 N–H and O–H groups in total. The normalized spacial score (nSPS) is 18.2. The highest BCUT2D eigenvalue weighted by atomic mass is 16.2. The number of anilines is 1. The van der Waals surface area contributed by atoms with Crippen LogP contribution in [0.5, 0.6) is 0 Å². The van der Waals surface area contributed by atoms with Gasteiger partial charge in [0.2, 0.25) is 11.9 Å². The zero-order chi connectivity index (χ0) is 12.3. The number of carbonyl (C=O) groups excluding carboxylic acids is 1. The third-order valence-electron chi connectivity index (χ3n) is 2.94.